The lowest BCUT2D eigenvalue weighted by Crippen LogP contribution is -2.48. The Balaban J connectivity index is 1.09. The molecule has 192 valence electrons. The molecule has 1 unspecified atom stereocenters. The number of ether oxygens (including phenoxy) is 1. The molecule has 1 N–H and O–H groups in total. The van der Waals surface area contributed by atoms with Crippen molar-refractivity contribution in [3.63, 3.8) is 0 Å². The molecule has 7 rings (SSSR count). The van der Waals surface area contributed by atoms with Crippen LogP contribution in [0.4, 0.5) is 27.7 Å². The number of hydrogen-bond donors (Lipinski definition) is 1. The first-order valence-corrected chi connectivity index (χ1v) is 13.7. The molecule has 1 aromatic carbocycles. The summed E-state index contributed by atoms with van der Waals surface area (Å²) in [5.41, 5.74) is 3.47. The zero-order valence-corrected chi connectivity index (χ0v) is 21.0. The van der Waals surface area contributed by atoms with Gasteiger partial charge in [0.15, 0.2) is 11.6 Å². The second-order valence-electron chi connectivity index (χ2n) is 11.0. The van der Waals surface area contributed by atoms with Gasteiger partial charge in [-0.3, -0.25) is 0 Å². The van der Waals surface area contributed by atoms with Gasteiger partial charge in [-0.2, -0.15) is 14.4 Å². The van der Waals surface area contributed by atoms with Gasteiger partial charge in [0.1, 0.15) is 0 Å². The van der Waals surface area contributed by atoms with Crippen molar-refractivity contribution in [3.05, 3.63) is 35.6 Å². The minimum Gasteiger partial charge on any atom is -0.378 e. The summed E-state index contributed by atoms with van der Waals surface area (Å²) in [4.78, 5) is 18.2. The van der Waals surface area contributed by atoms with E-state index in [1.54, 1.807) is 0 Å². The maximum Gasteiger partial charge on any atom is 0.229 e. The first kappa shape index (κ1) is 22.5. The molecule has 2 aliphatic carbocycles. The predicted octanol–water partition coefficient (Wildman–Crippen LogP) is 2.46. The molecule has 36 heavy (non-hydrogen) atoms. The van der Waals surface area contributed by atoms with Crippen LogP contribution in [-0.4, -0.2) is 88.6 Å². The molecule has 9 heteroatoms. The predicted molar refractivity (Wildman–Crippen MR) is 140 cm³/mol. The maximum absolute atomic E-state index is 15.9. The van der Waals surface area contributed by atoms with Crippen molar-refractivity contribution in [2.45, 2.75) is 25.2 Å². The largest absolute Gasteiger partial charge is 0.378 e. The molecule has 2 aromatic rings. The first-order chi connectivity index (χ1) is 17.7. The number of hydrogen-bond acceptors (Lipinski definition) is 8. The summed E-state index contributed by atoms with van der Waals surface area (Å²) in [5.74, 6) is 2.00. The van der Waals surface area contributed by atoms with Crippen LogP contribution in [0.25, 0.3) is 0 Å². The van der Waals surface area contributed by atoms with Crippen molar-refractivity contribution in [3.8, 4) is 0 Å². The van der Waals surface area contributed by atoms with Gasteiger partial charge < -0.3 is 29.7 Å². The minimum atomic E-state index is -0.299. The third kappa shape index (κ3) is 4.16. The molecular weight excluding hydrogens is 457 g/mol. The van der Waals surface area contributed by atoms with Crippen LogP contribution in [0.3, 0.4) is 0 Å². The zero-order chi connectivity index (χ0) is 24.1. The van der Waals surface area contributed by atoms with Crippen LogP contribution >= 0.6 is 0 Å². The number of anilines is 4. The Hall–Kier alpha value is -2.65. The standard InChI is InChI=1S/C27H36FN7O/c28-23-24(30-26(35-9-7-29-8-10-35)31-25(23)34-15-17-36-18-16-34)33-13-11-32(12-14-33)21-3-1-20(2-4-21)22-19-27(22)5-6-27/h1-4,22,29H,5-19H2. The molecule has 1 aromatic heterocycles. The van der Waals surface area contributed by atoms with Gasteiger partial charge in [-0.05, 0) is 48.3 Å². The van der Waals surface area contributed by atoms with Crippen molar-refractivity contribution in [2.75, 3.05) is 98.3 Å². The molecule has 4 heterocycles. The van der Waals surface area contributed by atoms with E-state index in [0.29, 0.717) is 49.3 Å². The lowest BCUT2D eigenvalue weighted by atomic mass is 10.1. The van der Waals surface area contributed by atoms with Gasteiger partial charge in [-0.25, -0.2) is 0 Å². The van der Waals surface area contributed by atoms with Crippen molar-refractivity contribution < 1.29 is 9.13 Å². The highest BCUT2D eigenvalue weighted by Gasteiger charge is 2.62. The highest BCUT2D eigenvalue weighted by atomic mass is 19.1. The van der Waals surface area contributed by atoms with Gasteiger partial charge in [-0.1, -0.05) is 12.1 Å². The van der Waals surface area contributed by atoms with E-state index in [1.807, 2.05) is 4.90 Å². The number of nitrogens with zero attached hydrogens (tertiary/aromatic N) is 6. The van der Waals surface area contributed by atoms with Crippen molar-refractivity contribution >= 4 is 23.3 Å². The van der Waals surface area contributed by atoms with E-state index in [-0.39, 0.29) is 5.82 Å². The zero-order valence-electron chi connectivity index (χ0n) is 21.0. The fourth-order valence-corrected chi connectivity index (χ4v) is 6.24. The maximum atomic E-state index is 15.9. The number of halogens is 1. The number of benzene rings is 1. The summed E-state index contributed by atoms with van der Waals surface area (Å²) in [7, 11) is 0. The normalized spacial score (nSPS) is 25.4. The molecule has 3 aliphatic heterocycles. The lowest BCUT2D eigenvalue weighted by molar-refractivity contribution is 0.122. The molecule has 0 amide bonds. The van der Waals surface area contributed by atoms with Crippen LogP contribution in [0.5, 0.6) is 0 Å². The van der Waals surface area contributed by atoms with Crippen LogP contribution in [0, 0.1) is 11.2 Å². The summed E-state index contributed by atoms with van der Waals surface area (Å²) < 4.78 is 21.4. The van der Waals surface area contributed by atoms with Crippen LogP contribution in [0.2, 0.25) is 0 Å². The average Bonchev–Trinajstić information content (AvgIpc) is 3.88. The van der Waals surface area contributed by atoms with Gasteiger partial charge >= 0.3 is 0 Å². The molecule has 1 spiro atoms. The van der Waals surface area contributed by atoms with Gasteiger partial charge in [0.05, 0.1) is 13.2 Å². The van der Waals surface area contributed by atoms with E-state index in [0.717, 1.165) is 58.3 Å². The SMILES string of the molecule is Fc1c(N2CCOCC2)nc(N2CCNCC2)nc1N1CCN(c2ccc(C3CC34CC4)cc2)CC1. The third-order valence-electron chi connectivity index (χ3n) is 8.84. The smallest absolute Gasteiger partial charge is 0.229 e. The van der Waals surface area contributed by atoms with Crippen molar-refractivity contribution in [1.29, 1.82) is 0 Å². The molecule has 0 radical (unpaired) electrons. The van der Waals surface area contributed by atoms with Crippen LogP contribution < -0.4 is 24.9 Å². The number of nitrogens with one attached hydrogen (secondary N) is 1. The summed E-state index contributed by atoms with van der Waals surface area (Å²) in [6, 6.07) is 9.23. The summed E-state index contributed by atoms with van der Waals surface area (Å²) >= 11 is 0. The Morgan fingerprint density at radius 2 is 1.39 bits per heavy atom. The van der Waals surface area contributed by atoms with Gasteiger partial charge in [0, 0.05) is 71.1 Å². The molecule has 5 aliphatic rings. The highest BCUT2D eigenvalue weighted by molar-refractivity contribution is 5.59. The van der Waals surface area contributed by atoms with E-state index >= 15 is 4.39 Å². The molecular formula is C27H36FN7O. The quantitative estimate of drug-likeness (QED) is 0.682. The Morgan fingerprint density at radius 3 is 2.00 bits per heavy atom. The van der Waals surface area contributed by atoms with Gasteiger partial charge in [0.2, 0.25) is 11.8 Å². The lowest BCUT2D eigenvalue weighted by Gasteiger charge is -2.38. The average molecular weight is 494 g/mol. The Morgan fingerprint density at radius 1 is 0.778 bits per heavy atom. The van der Waals surface area contributed by atoms with Gasteiger partial charge in [0.25, 0.3) is 0 Å². The van der Waals surface area contributed by atoms with E-state index < -0.39 is 0 Å². The Labute approximate surface area is 212 Å². The van der Waals surface area contributed by atoms with Crippen LogP contribution in [-0.2, 0) is 4.74 Å². The Bertz CT molecular complexity index is 1090. The summed E-state index contributed by atoms with van der Waals surface area (Å²) in [6.07, 6.45) is 4.23. The highest BCUT2D eigenvalue weighted by Crippen LogP contribution is 2.74. The minimum absolute atomic E-state index is 0.299. The molecule has 1 atom stereocenters. The summed E-state index contributed by atoms with van der Waals surface area (Å²) in [6.45, 7) is 9.14. The Kier molecular flexibility index (Phi) is 5.65. The second kappa shape index (κ2) is 9.03. The number of morpholine rings is 1. The molecule has 5 fully saturated rings. The number of piperazine rings is 2. The number of aromatic nitrogens is 2. The van der Waals surface area contributed by atoms with E-state index in [9.17, 15) is 0 Å². The van der Waals surface area contributed by atoms with Gasteiger partial charge in [-0.15, -0.1) is 0 Å². The van der Waals surface area contributed by atoms with Crippen molar-refractivity contribution in [1.82, 2.24) is 15.3 Å². The molecule has 0 bridgehead atoms. The van der Waals surface area contributed by atoms with E-state index in [2.05, 4.69) is 44.3 Å². The monoisotopic (exact) mass is 493 g/mol. The fraction of sp³-hybridized carbons (Fsp3) is 0.630. The second-order valence-corrected chi connectivity index (χ2v) is 11.0. The summed E-state index contributed by atoms with van der Waals surface area (Å²) in [5, 5.41) is 3.38. The van der Waals surface area contributed by atoms with Crippen LogP contribution in [0.15, 0.2) is 24.3 Å². The topological polar surface area (TPSA) is 60.0 Å². The number of rotatable bonds is 5. The molecule has 2 saturated carbocycles. The van der Waals surface area contributed by atoms with E-state index in [1.165, 1.54) is 30.5 Å². The molecule has 8 nitrogen and oxygen atoms in total. The van der Waals surface area contributed by atoms with E-state index in [4.69, 9.17) is 14.7 Å². The first-order valence-electron chi connectivity index (χ1n) is 13.7. The van der Waals surface area contributed by atoms with Crippen molar-refractivity contribution in [2.24, 2.45) is 5.41 Å². The third-order valence-corrected chi connectivity index (χ3v) is 8.84. The van der Waals surface area contributed by atoms with Crippen LogP contribution in [0.1, 0.15) is 30.7 Å². The molecule has 3 saturated heterocycles. The fourth-order valence-electron chi connectivity index (χ4n) is 6.24.